The van der Waals surface area contributed by atoms with Crippen LogP contribution < -0.4 is 31.6 Å². The number of Topliss-reactive ketones (excluding diaryl/α,β-unsaturated/α-hetero) is 1. The minimum atomic E-state index is -0.596. The first kappa shape index (κ1) is 31.2. The summed E-state index contributed by atoms with van der Waals surface area (Å²) >= 11 is 6.76. The smallest absolute Gasteiger partial charge is 0.316 e. The van der Waals surface area contributed by atoms with Gasteiger partial charge < -0.3 is 27.0 Å². The number of hydrogen-bond acceptors (Lipinski definition) is 5. The number of anilines is 1. The Morgan fingerprint density at radius 1 is 1.05 bits per heavy atom. The van der Waals surface area contributed by atoms with Gasteiger partial charge in [-0.3, -0.25) is 9.59 Å². The van der Waals surface area contributed by atoms with Gasteiger partial charge in [-0.25, -0.2) is 4.57 Å². The van der Waals surface area contributed by atoms with Crippen molar-refractivity contribution in [3.8, 4) is 5.75 Å². The number of carbonyl (C=O) groups is 2. The molecule has 0 radical (unpaired) electrons. The van der Waals surface area contributed by atoms with Crippen LogP contribution in [0.5, 0.6) is 5.75 Å². The van der Waals surface area contributed by atoms with Gasteiger partial charge in [0, 0.05) is 18.0 Å². The quantitative estimate of drug-likeness (QED) is 0.230. The van der Waals surface area contributed by atoms with Gasteiger partial charge in [-0.1, -0.05) is 39.3 Å². The van der Waals surface area contributed by atoms with Crippen LogP contribution >= 0.6 is 11.6 Å². The summed E-state index contributed by atoms with van der Waals surface area (Å²) in [5.41, 5.74) is 1.16. The number of nitrogens with one attached hydrogen (secondary N) is 1. The first-order valence-corrected chi connectivity index (χ1v) is 13.4. The van der Waals surface area contributed by atoms with E-state index in [4.69, 9.17) is 16.3 Å². The van der Waals surface area contributed by atoms with Crippen LogP contribution in [-0.4, -0.2) is 22.8 Å². The molecule has 1 aliphatic rings. The van der Waals surface area contributed by atoms with Crippen molar-refractivity contribution in [1.82, 2.24) is 4.98 Å². The number of halogens is 2. The molecule has 0 atom stereocenters. The molecule has 37 heavy (non-hydrogen) atoms. The van der Waals surface area contributed by atoms with Crippen molar-refractivity contribution in [2.45, 2.75) is 93.2 Å². The average molecular weight is 595 g/mol. The molecule has 0 unspecified atom stereocenters. The van der Waals surface area contributed by atoms with E-state index in [1.807, 2.05) is 11.5 Å². The van der Waals surface area contributed by atoms with Gasteiger partial charge in [-0.05, 0) is 87.0 Å². The molecule has 1 aromatic heterocycles. The van der Waals surface area contributed by atoms with Crippen molar-refractivity contribution >= 4 is 29.2 Å². The van der Waals surface area contributed by atoms with E-state index in [0.717, 1.165) is 24.5 Å². The van der Waals surface area contributed by atoms with Gasteiger partial charge in [-0.15, -0.1) is 0 Å². The summed E-state index contributed by atoms with van der Waals surface area (Å²) in [4.78, 5) is 29.6. The number of benzene rings is 1. The van der Waals surface area contributed by atoms with E-state index in [1.54, 1.807) is 51.4 Å². The van der Waals surface area contributed by atoms with Gasteiger partial charge in [0.05, 0.1) is 5.41 Å². The van der Waals surface area contributed by atoms with Crippen molar-refractivity contribution in [1.29, 1.82) is 0 Å². The van der Waals surface area contributed by atoms with Gasteiger partial charge in [-0.2, -0.15) is 0 Å². The lowest BCUT2D eigenvalue weighted by atomic mass is 9.71. The second-order valence-electron chi connectivity index (χ2n) is 12.0. The van der Waals surface area contributed by atoms with E-state index in [9.17, 15) is 9.59 Å². The summed E-state index contributed by atoms with van der Waals surface area (Å²) in [7, 11) is 0. The van der Waals surface area contributed by atoms with E-state index in [-0.39, 0.29) is 35.3 Å². The second-order valence-corrected chi connectivity index (χ2v) is 12.4. The predicted octanol–water partition coefficient (Wildman–Crippen LogP) is 3.44. The third-order valence-electron chi connectivity index (χ3n) is 7.08. The number of ketones is 1. The zero-order valence-corrected chi connectivity index (χ0v) is 25.5. The Hall–Kier alpha value is -1.99. The van der Waals surface area contributed by atoms with Crippen molar-refractivity contribution in [2.24, 2.45) is 16.7 Å². The summed E-state index contributed by atoms with van der Waals surface area (Å²) in [5.74, 6) is 1.48. The van der Waals surface area contributed by atoms with Crippen molar-refractivity contribution in [3.05, 3.63) is 46.9 Å². The standard InChI is InChI=1S/C29H40ClN3O3.BrH/c1-8-23-25(30)26(32-21-13-11-20(12-14-21)28(2,3)4)31-18-33(23)17-24(34)19-9-15-22(16-10-19)36-27(35)29(5,6)7;/h9-10,15-16,18,20-21H,8,11-14,17H2,1-7H3;1H. The van der Waals surface area contributed by atoms with Crippen molar-refractivity contribution in [3.63, 3.8) is 0 Å². The zero-order chi connectivity index (χ0) is 26.7. The molecule has 1 saturated carbocycles. The highest BCUT2D eigenvalue weighted by atomic mass is 79.9. The molecule has 0 aliphatic heterocycles. The molecule has 0 saturated heterocycles. The van der Waals surface area contributed by atoms with Crippen LogP contribution in [0.15, 0.2) is 30.6 Å². The maximum Gasteiger partial charge on any atom is 0.316 e. The number of carbonyl (C=O) groups excluding carboxylic acids is 2. The lowest BCUT2D eigenvalue weighted by Gasteiger charge is -2.37. The van der Waals surface area contributed by atoms with E-state index in [0.29, 0.717) is 40.0 Å². The maximum atomic E-state index is 13.0. The fourth-order valence-electron chi connectivity index (χ4n) is 4.62. The van der Waals surface area contributed by atoms with Crippen LogP contribution in [0.1, 0.15) is 90.2 Å². The van der Waals surface area contributed by atoms with Gasteiger partial charge in [0.2, 0.25) is 5.78 Å². The van der Waals surface area contributed by atoms with E-state index >= 15 is 0 Å². The highest BCUT2D eigenvalue weighted by molar-refractivity contribution is 6.33. The Kier molecular flexibility index (Phi) is 10.7. The Bertz CT molecular complexity index is 1080. The van der Waals surface area contributed by atoms with Crippen molar-refractivity contribution in [2.75, 3.05) is 5.32 Å². The van der Waals surface area contributed by atoms with E-state index in [2.05, 4.69) is 31.1 Å². The molecule has 3 rings (SSSR count). The molecule has 1 aromatic carbocycles. The zero-order valence-electron chi connectivity index (χ0n) is 23.2. The summed E-state index contributed by atoms with van der Waals surface area (Å²) in [6.07, 6.45) is 7.00. The SMILES string of the molecule is CCc1c(Cl)c(NC2CCC(C(C)(C)C)CC2)nc[n+]1CC(=O)c1ccc(OC(=O)C(C)(C)C)cc1.[Br-]. The van der Waals surface area contributed by atoms with Gasteiger partial charge in [0.15, 0.2) is 11.6 Å². The molecule has 1 fully saturated rings. The summed E-state index contributed by atoms with van der Waals surface area (Å²) in [6, 6.07) is 7.02. The summed E-state index contributed by atoms with van der Waals surface area (Å²) < 4.78 is 7.21. The fraction of sp³-hybridized carbons (Fsp3) is 0.586. The third kappa shape index (κ3) is 8.25. The molecular weight excluding hydrogens is 554 g/mol. The molecule has 1 aliphatic carbocycles. The molecule has 6 nitrogen and oxygen atoms in total. The number of aromatic nitrogens is 2. The monoisotopic (exact) mass is 593 g/mol. The minimum absolute atomic E-state index is 0. The van der Waals surface area contributed by atoms with Crippen LogP contribution in [0.2, 0.25) is 5.02 Å². The Balaban J connectivity index is 0.00000481. The third-order valence-corrected chi connectivity index (χ3v) is 7.47. The Morgan fingerprint density at radius 3 is 2.16 bits per heavy atom. The highest BCUT2D eigenvalue weighted by Gasteiger charge is 2.31. The van der Waals surface area contributed by atoms with Crippen molar-refractivity contribution < 1.29 is 35.9 Å². The molecule has 0 spiro atoms. The molecule has 2 aromatic rings. The number of nitrogens with zero attached hydrogens (tertiary/aromatic N) is 2. The fourth-order valence-corrected chi connectivity index (χ4v) is 4.97. The molecular formula is C29H41BrClN3O3. The normalized spacial score (nSPS) is 18.1. The van der Waals surface area contributed by atoms with E-state index < -0.39 is 5.41 Å². The van der Waals surface area contributed by atoms with Crippen LogP contribution in [0, 0.1) is 16.7 Å². The lowest BCUT2D eigenvalue weighted by Crippen LogP contribution is -3.00. The molecule has 8 heteroatoms. The summed E-state index contributed by atoms with van der Waals surface area (Å²) in [5, 5.41) is 4.14. The Labute approximate surface area is 237 Å². The van der Waals surface area contributed by atoms with E-state index in [1.165, 1.54) is 12.8 Å². The van der Waals surface area contributed by atoms with Crippen LogP contribution in [0.25, 0.3) is 0 Å². The van der Waals surface area contributed by atoms with Gasteiger partial charge >= 0.3 is 5.97 Å². The minimum Gasteiger partial charge on any atom is -1.00 e. The van der Waals surface area contributed by atoms with Gasteiger partial charge in [0.25, 0.3) is 12.1 Å². The molecule has 1 heterocycles. The van der Waals surface area contributed by atoms with Crippen LogP contribution in [0.3, 0.4) is 0 Å². The van der Waals surface area contributed by atoms with Crippen LogP contribution in [0.4, 0.5) is 5.82 Å². The first-order chi connectivity index (χ1) is 16.8. The maximum absolute atomic E-state index is 13.0. The molecule has 204 valence electrons. The molecule has 0 bridgehead atoms. The summed E-state index contributed by atoms with van der Waals surface area (Å²) in [6.45, 7) is 14.5. The first-order valence-electron chi connectivity index (χ1n) is 13.0. The highest BCUT2D eigenvalue weighted by Crippen LogP contribution is 2.38. The Morgan fingerprint density at radius 2 is 1.65 bits per heavy atom. The van der Waals surface area contributed by atoms with Crippen LogP contribution in [-0.2, 0) is 17.8 Å². The lowest BCUT2D eigenvalue weighted by molar-refractivity contribution is -0.693. The largest absolute Gasteiger partial charge is 1.00 e. The topological polar surface area (TPSA) is 72.2 Å². The second kappa shape index (κ2) is 12.7. The molecule has 1 N–H and O–H groups in total. The number of esters is 1. The predicted molar refractivity (Wildman–Crippen MR) is 144 cm³/mol. The number of rotatable bonds is 7. The average Bonchev–Trinajstić information content (AvgIpc) is 2.80. The molecule has 0 amide bonds. The number of hydrogen-bond donors (Lipinski definition) is 1. The van der Waals surface area contributed by atoms with Gasteiger partial charge in [0.1, 0.15) is 11.4 Å². The number of ether oxygens (including phenoxy) is 1.